The Morgan fingerprint density at radius 2 is 1.76 bits per heavy atom. The molecule has 0 aliphatic rings. The first-order valence-corrected chi connectivity index (χ1v) is 9.17. The molecule has 0 radical (unpaired) electrons. The second kappa shape index (κ2) is 7.80. The van der Waals surface area contributed by atoms with Crippen LogP contribution in [-0.4, -0.2) is 40.2 Å². The summed E-state index contributed by atoms with van der Waals surface area (Å²) in [4.78, 5) is 23.8. The molecule has 0 aromatic heterocycles. The van der Waals surface area contributed by atoms with Crippen LogP contribution in [0.15, 0.2) is 54.6 Å². The second-order valence-electron chi connectivity index (χ2n) is 5.23. The summed E-state index contributed by atoms with van der Waals surface area (Å²) in [5, 5.41) is 2.58. The lowest BCUT2D eigenvalue weighted by atomic mass is 10.2. The van der Waals surface area contributed by atoms with E-state index in [0.29, 0.717) is 11.4 Å². The topological polar surface area (TPSA) is 92.8 Å². The highest BCUT2D eigenvalue weighted by Gasteiger charge is 2.20. The van der Waals surface area contributed by atoms with Crippen molar-refractivity contribution in [2.75, 3.05) is 29.5 Å². The minimum atomic E-state index is -3.63. The van der Waals surface area contributed by atoms with E-state index in [-0.39, 0.29) is 12.1 Å². The Balaban J connectivity index is 2.16. The number of nitrogens with zero attached hydrogens (tertiary/aromatic N) is 1. The Bertz CT molecular complexity index is 866. The fraction of sp³-hybridized carbons (Fsp3) is 0.176. The van der Waals surface area contributed by atoms with Gasteiger partial charge in [0, 0.05) is 5.69 Å². The number of benzene rings is 2. The summed E-state index contributed by atoms with van der Waals surface area (Å²) in [5.41, 5.74) is 1.04. The van der Waals surface area contributed by atoms with Gasteiger partial charge in [-0.15, -0.1) is 0 Å². The average Bonchev–Trinajstić information content (AvgIpc) is 2.59. The summed E-state index contributed by atoms with van der Waals surface area (Å²) >= 11 is 0. The summed E-state index contributed by atoms with van der Waals surface area (Å²) in [5.74, 6) is -1.06. The van der Waals surface area contributed by atoms with E-state index in [1.807, 2.05) is 0 Å². The third-order valence-electron chi connectivity index (χ3n) is 3.30. The van der Waals surface area contributed by atoms with Gasteiger partial charge in [-0.1, -0.05) is 24.3 Å². The summed E-state index contributed by atoms with van der Waals surface area (Å²) in [7, 11) is -2.37. The summed E-state index contributed by atoms with van der Waals surface area (Å²) < 4.78 is 29.6. The molecule has 0 aliphatic heterocycles. The molecular formula is C17H18N2O5S. The molecule has 0 unspecified atom stereocenters. The van der Waals surface area contributed by atoms with Gasteiger partial charge in [-0.3, -0.25) is 9.10 Å². The molecule has 0 atom stereocenters. The normalized spacial score (nSPS) is 10.8. The van der Waals surface area contributed by atoms with E-state index in [1.54, 1.807) is 48.5 Å². The second-order valence-corrected chi connectivity index (χ2v) is 7.13. The molecule has 0 aliphatic carbocycles. The van der Waals surface area contributed by atoms with Crippen molar-refractivity contribution >= 4 is 33.3 Å². The number of para-hydroxylation sites is 1. The standard InChI is InChI=1S/C17H18N2O5S/c1-24-17(21)13-7-6-8-14(11-13)18-16(20)12-19(25(2,22)23)15-9-4-3-5-10-15/h3-11H,12H2,1-2H3,(H,18,20). The third kappa shape index (κ3) is 5.05. The maximum absolute atomic E-state index is 12.3. The van der Waals surface area contributed by atoms with Crippen molar-refractivity contribution in [1.82, 2.24) is 0 Å². The van der Waals surface area contributed by atoms with Gasteiger partial charge in [0.1, 0.15) is 6.54 Å². The van der Waals surface area contributed by atoms with Gasteiger partial charge >= 0.3 is 5.97 Å². The molecule has 2 aromatic carbocycles. The number of carbonyl (C=O) groups excluding carboxylic acids is 2. The number of nitrogens with one attached hydrogen (secondary N) is 1. The van der Waals surface area contributed by atoms with E-state index in [9.17, 15) is 18.0 Å². The molecule has 8 heteroatoms. The molecule has 1 amide bonds. The molecule has 7 nitrogen and oxygen atoms in total. The van der Waals surface area contributed by atoms with E-state index >= 15 is 0 Å². The molecule has 0 saturated heterocycles. The van der Waals surface area contributed by atoms with E-state index in [2.05, 4.69) is 10.1 Å². The number of rotatable bonds is 6. The van der Waals surface area contributed by atoms with Crippen LogP contribution in [-0.2, 0) is 19.6 Å². The predicted octanol–water partition coefficient (Wildman–Crippen LogP) is 1.88. The van der Waals surface area contributed by atoms with Gasteiger partial charge in [-0.25, -0.2) is 13.2 Å². The number of ether oxygens (including phenoxy) is 1. The average molecular weight is 362 g/mol. The van der Waals surface area contributed by atoms with Crippen molar-refractivity contribution in [1.29, 1.82) is 0 Å². The Morgan fingerprint density at radius 3 is 2.36 bits per heavy atom. The van der Waals surface area contributed by atoms with Crippen molar-refractivity contribution in [3.63, 3.8) is 0 Å². The number of sulfonamides is 1. The number of hydrogen-bond acceptors (Lipinski definition) is 5. The number of amides is 1. The zero-order valence-corrected chi connectivity index (χ0v) is 14.6. The largest absolute Gasteiger partial charge is 0.465 e. The number of carbonyl (C=O) groups is 2. The molecule has 0 spiro atoms. The quantitative estimate of drug-likeness (QED) is 0.792. The van der Waals surface area contributed by atoms with Crippen LogP contribution in [0.4, 0.5) is 11.4 Å². The van der Waals surface area contributed by atoms with Crippen LogP contribution in [0.25, 0.3) is 0 Å². The highest BCUT2D eigenvalue weighted by Crippen LogP contribution is 2.17. The zero-order chi connectivity index (χ0) is 18.4. The molecule has 0 saturated carbocycles. The van der Waals surface area contributed by atoms with Crippen molar-refractivity contribution in [2.24, 2.45) is 0 Å². The molecule has 0 bridgehead atoms. The number of esters is 1. The fourth-order valence-electron chi connectivity index (χ4n) is 2.17. The Hall–Kier alpha value is -2.87. The Morgan fingerprint density at radius 1 is 1.08 bits per heavy atom. The van der Waals surface area contributed by atoms with Crippen LogP contribution < -0.4 is 9.62 Å². The lowest BCUT2D eigenvalue weighted by Gasteiger charge is -2.21. The number of anilines is 2. The number of hydrogen-bond donors (Lipinski definition) is 1. The zero-order valence-electron chi connectivity index (χ0n) is 13.8. The fourth-order valence-corrected chi connectivity index (χ4v) is 3.02. The van der Waals surface area contributed by atoms with Gasteiger partial charge in [0.15, 0.2) is 0 Å². The molecule has 132 valence electrons. The smallest absolute Gasteiger partial charge is 0.337 e. The first-order chi connectivity index (χ1) is 11.8. The monoisotopic (exact) mass is 362 g/mol. The molecule has 2 aromatic rings. The predicted molar refractivity (Wildman–Crippen MR) is 95.0 cm³/mol. The maximum atomic E-state index is 12.3. The minimum Gasteiger partial charge on any atom is -0.465 e. The van der Waals surface area contributed by atoms with Crippen LogP contribution in [0.2, 0.25) is 0 Å². The minimum absolute atomic E-state index is 0.281. The van der Waals surface area contributed by atoms with Crippen LogP contribution >= 0.6 is 0 Å². The van der Waals surface area contributed by atoms with Crippen LogP contribution in [0.5, 0.6) is 0 Å². The summed E-state index contributed by atoms with van der Waals surface area (Å²) in [6.07, 6.45) is 1.03. The van der Waals surface area contributed by atoms with Crippen molar-refractivity contribution in [3.8, 4) is 0 Å². The highest BCUT2D eigenvalue weighted by molar-refractivity contribution is 7.92. The lowest BCUT2D eigenvalue weighted by Crippen LogP contribution is -2.37. The first kappa shape index (κ1) is 18.5. The van der Waals surface area contributed by atoms with E-state index in [0.717, 1.165) is 10.6 Å². The van der Waals surface area contributed by atoms with Crippen molar-refractivity contribution < 1.29 is 22.7 Å². The highest BCUT2D eigenvalue weighted by atomic mass is 32.2. The van der Waals surface area contributed by atoms with Crippen LogP contribution in [0.1, 0.15) is 10.4 Å². The molecule has 0 heterocycles. The van der Waals surface area contributed by atoms with Gasteiger partial charge in [-0.05, 0) is 30.3 Å². The molecule has 2 rings (SSSR count). The maximum Gasteiger partial charge on any atom is 0.337 e. The summed E-state index contributed by atoms with van der Waals surface area (Å²) in [6.45, 7) is -0.384. The Labute approximate surface area is 146 Å². The molecular weight excluding hydrogens is 344 g/mol. The molecule has 25 heavy (non-hydrogen) atoms. The van der Waals surface area contributed by atoms with Gasteiger partial charge in [0.25, 0.3) is 0 Å². The molecule has 1 N–H and O–H groups in total. The van der Waals surface area contributed by atoms with E-state index in [4.69, 9.17) is 0 Å². The van der Waals surface area contributed by atoms with Crippen molar-refractivity contribution in [3.05, 3.63) is 60.2 Å². The SMILES string of the molecule is COC(=O)c1cccc(NC(=O)CN(c2ccccc2)S(C)(=O)=O)c1. The van der Waals surface area contributed by atoms with Crippen molar-refractivity contribution in [2.45, 2.75) is 0 Å². The third-order valence-corrected chi connectivity index (χ3v) is 4.44. The van der Waals surface area contributed by atoms with Gasteiger partial charge in [0.05, 0.1) is 24.6 Å². The van der Waals surface area contributed by atoms with Gasteiger partial charge in [-0.2, -0.15) is 0 Å². The van der Waals surface area contributed by atoms with Crippen LogP contribution in [0, 0.1) is 0 Å². The summed E-state index contributed by atoms with van der Waals surface area (Å²) in [6, 6.07) is 14.5. The first-order valence-electron chi connectivity index (χ1n) is 7.32. The van der Waals surface area contributed by atoms with Crippen LogP contribution in [0.3, 0.4) is 0 Å². The van der Waals surface area contributed by atoms with Gasteiger partial charge in [0.2, 0.25) is 15.9 Å². The Kier molecular flexibility index (Phi) is 5.76. The lowest BCUT2D eigenvalue weighted by molar-refractivity contribution is -0.114. The van der Waals surface area contributed by atoms with Gasteiger partial charge < -0.3 is 10.1 Å². The number of methoxy groups -OCH3 is 1. The van der Waals surface area contributed by atoms with E-state index in [1.165, 1.54) is 13.2 Å². The van der Waals surface area contributed by atoms with E-state index < -0.39 is 21.9 Å². The molecule has 0 fully saturated rings.